The quantitative estimate of drug-likeness (QED) is 0.0712. The highest BCUT2D eigenvalue weighted by atomic mass is 16.5. The highest BCUT2D eigenvalue weighted by Crippen LogP contribution is 2.42. The Morgan fingerprint density at radius 3 is 1.66 bits per heavy atom. The predicted molar refractivity (Wildman–Crippen MR) is 281 cm³/mol. The maximum absolute atomic E-state index is 14.1. The molecule has 17 heteroatoms. The number of aliphatic imine (C=N–C) groups is 2. The normalized spacial score (nSPS) is 17.1. The topological polar surface area (TPSA) is 213 Å². The number of amides is 5. The van der Waals surface area contributed by atoms with Crippen molar-refractivity contribution in [2.45, 2.75) is 64.1 Å². The van der Waals surface area contributed by atoms with E-state index in [0.29, 0.717) is 76.0 Å². The Kier molecular flexibility index (Phi) is 14.6. The van der Waals surface area contributed by atoms with Crippen LogP contribution in [-0.4, -0.2) is 104 Å². The number of carbonyl (C=O) groups excluding carboxylic acids is 5. The molecule has 0 aromatic heterocycles. The van der Waals surface area contributed by atoms with Gasteiger partial charge in [0.25, 0.3) is 11.8 Å². The molecule has 74 heavy (non-hydrogen) atoms. The molecule has 0 saturated heterocycles. The zero-order chi connectivity index (χ0) is 52.2. The molecule has 0 aliphatic carbocycles. The first kappa shape index (κ1) is 50.2. The molecular formula is C57H57N7O10. The minimum Gasteiger partial charge on any atom is -0.497 e. The van der Waals surface area contributed by atoms with Gasteiger partial charge in [-0.3, -0.25) is 34.0 Å². The Balaban J connectivity index is 0.786. The van der Waals surface area contributed by atoms with Crippen molar-refractivity contribution in [1.82, 2.24) is 15.1 Å². The molecule has 0 spiro atoms. The Hall–Kier alpha value is -8.73. The van der Waals surface area contributed by atoms with Gasteiger partial charge >= 0.3 is 0 Å². The van der Waals surface area contributed by atoms with E-state index in [1.807, 2.05) is 62.6 Å². The largest absolute Gasteiger partial charge is 0.497 e. The molecule has 380 valence electrons. The zero-order valence-corrected chi connectivity index (χ0v) is 41.9. The Bertz CT molecular complexity index is 3150. The van der Waals surface area contributed by atoms with E-state index in [9.17, 15) is 24.0 Å². The summed E-state index contributed by atoms with van der Waals surface area (Å²) in [5, 5.41) is 5.66. The second-order valence-corrected chi connectivity index (χ2v) is 18.6. The Morgan fingerprint density at radius 2 is 1.18 bits per heavy atom. The highest BCUT2D eigenvalue weighted by molar-refractivity contribution is 6.07. The number of nitrogens with two attached hydrogens (primary N) is 1. The number of hydrogen-bond donors (Lipinski definition) is 3. The molecule has 0 saturated carbocycles. The van der Waals surface area contributed by atoms with Crippen LogP contribution in [-0.2, 0) is 9.59 Å². The van der Waals surface area contributed by atoms with Crippen LogP contribution in [0.2, 0.25) is 0 Å². The predicted octanol–water partition coefficient (Wildman–Crippen LogP) is 8.49. The number of primary amides is 1. The third kappa shape index (κ3) is 10.3. The maximum Gasteiger partial charge on any atom is 0.260 e. The number of fused-ring (bicyclic) bond motifs is 4. The van der Waals surface area contributed by atoms with Crippen molar-refractivity contribution in [3.8, 4) is 28.7 Å². The fourth-order valence-electron chi connectivity index (χ4n) is 9.55. The second-order valence-electron chi connectivity index (χ2n) is 18.6. The molecule has 17 nitrogen and oxygen atoms in total. The van der Waals surface area contributed by atoms with E-state index in [1.54, 1.807) is 96.9 Å². The maximum atomic E-state index is 14.1. The van der Waals surface area contributed by atoms with Crippen LogP contribution in [0.5, 0.6) is 28.7 Å². The van der Waals surface area contributed by atoms with Crippen molar-refractivity contribution in [2.24, 2.45) is 21.6 Å². The molecular weight excluding hydrogens is 943 g/mol. The van der Waals surface area contributed by atoms with Gasteiger partial charge in [-0.15, -0.1) is 0 Å². The number of ether oxygens (including phenoxy) is 5. The fourth-order valence-corrected chi connectivity index (χ4v) is 9.55. The first-order valence-corrected chi connectivity index (χ1v) is 24.3. The molecule has 0 radical (unpaired) electrons. The average Bonchev–Trinajstić information content (AvgIpc) is 3.98. The molecule has 4 atom stereocenters. The summed E-state index contributed by atoms with van der Waals surface area (Å²) >= 11 is 0. The molecule has 0 unspecified atom stereocenters. The second kappa shape index (κ2) is 21.5. The first-order chi connectivity index (χ1) is 35.7. The summed E-state index contributed by atoms with van der Waals surface area (Å²) in [6.45, 7) is 5.85. The van der Waals surface area contributed by atoms with Crippen LogP contribution in [0, 0.1) is 5.92 Å². The van der Waals surface area contributed by atoms with Gasteiger partial charge in [0.2, 0.25) is 17.7 Å². The highest BCUT2D eigenvalue weighted by Gasteiger charge is 2.36. The Morgan fingerprint density at radius 1 is 0.662 bits per heavy atom. The van der Waals surface area contributed by atoms with Crippen molar-refractivity contribution in [3.63, 3.8) is 0 Å². The number of hydrogen-bond acceptors (Lipinski definition) is 12. The zero-order valence-electron chi connectivity index (χ0n) is 41.9. The van der Waals surface area contributed by atoms with E-state index >= 15 is 0 Å². The van der Waals surface area contributed by atoms with Crippen molar-refractivity contribution < 1.29 is 47.7 Å². The molecule has 4 heterocycles. The van der Waals surface area contributed by atoms with E-state index in [-0.39, 0.29) is 48.6 Å². The number of nitrogens with one attached hydrogen (secondary N) is 2. The van der Waals surface area contributed by atoms with E-state index in [1.165, 1.54) is 14.2 Å². The minimum atomic E-state index is -0.886. The van der Waals surface area contributed by atoms with Gasteiger partial charge < -0.3 is 49.9 Å². The van der Waals surface area contributed by atoms with Gasteiger partial charge in [-0.1, -0.05) is 56.3 Å². The number of rotatable bonds is 18. The molecule has 0 bridgehead atoms. The summed E-state index contributed by atoms with van der Waals surface area (Å²) in [7, 11) is 4.66. The van der Waals surface area contributed by atoms with Gasteiger partial charge in [0, 0.05) is 67.5 Å². The van der Waals surface area contributed by atoms with Crippen molar-refractivity contribution in [1.29, 1.82) is 0 Å². The summed E-state index contributed by atoms with van der Waals surface area (Å²) in [6.07, 6.45) is 8.87. The van der Waals surface area contributed by atoms with Crippen LogP contribution in [0.4, 0.5) is 17.1 Å². The van der Waals surface area contributed by atoms with E-state index in [2.05, 4.69) is 10.6 Å². The van der Waals surface area contributed by atoms with Gasteiger partial charge in [-0.25, -0.2) is 0 Å². The van der Waals surface area contributed by atoms with E-state index in [4.69, 9.17) is 39.4 Å². The van der Waals surface area contributed by atoms with Gasteiger partial charge in [0.15, 0.2) is 23.0 Å². The number of benzene rings is 5. The summed E-state index contributed by atoms with van der Waals surface area (Å²) < 4.78 is 29.0. The van der Waals surface area contributed by atoms with Crippen molar-refractivity contribution >= 4 is 70.2 Å². The Labute approximate surface area is 428 Å². The van der Waals surface area contributed by atoms with E-state index in [0.717, 1.165) is 28.0 Å². The third-order valence-electron chi connectivity index (χ3n) is 13.5. The minimum absolute atomic E-state index is 0.180. The lowest BCUT2D eigenvalue weighted by Crippen LogP contribution is -2.44. The monoisotopic (exact) mass is 999 g/mol. The molecule has 0 fully saturated rings. The number of methoxy groups -OCH3 is 3. The van der Waals surface area contributed by atoms with Gasteiger partial charge in [0.1, 0.15) is 11.8 Å². The van der Waals surface area contributed by atoms with E-state index < -0.39 is 29.7 Å². The molecule has 5 aromatic rings. The van der Waals surface area contributed by atoms with Crippen molar-refractivity contribution in [3.05, 3.63) is 143 Å². The summed E-state index contributed by atoms with van der Waals surface area (Å²) in [5.74, 6) is -0.344. The lowest BCUT2D eigenvalue weighted by molar-refractivity contribution is -0.127. The summed E-state index contributed by atoms with van der Waals surface area (Å²) in [4.78, 5) is 79.6. The number of carbonyl (C=O) groups is 5. The molecule has 9 rings (SSSR count). The van der Waals surface area contributed by atoms with Crippen LogP contribution in [0.3, 0.4) is 0 Å². The molecule has 4 aliphatic rings. The van der Waals surface area contributed by atoms with Crippen LogP contribution in [0.15, 0.2) is 119 Å². The lowest BCUT2D eigenvalue weighted by atomic mass is 9.84. The molecule has 5 amide bonds. The first-order valence-electron chi connectivity index (χ1n) is 24.3. The SMILES string of the molecule is COc1ccc(C2=CN3C(=O)c4cc(OC)c(OCCCOc5cc6c(cc5OC)C(=O)N5C=C(c7ccc(NC(=O)[C@H](C)NC(=O)[C@H](c8ccccc8C(N)=O)C(C)C)cc7)C[C@H]5C=N6)cc4N=C[C@@H]3C2)cc1. The van der Waals surface area contributed by atoms with Crippen LogP contribution in [0.1, 0.15) is 93.7 Å². The average molecular weight is 1000 g/mol. The van der Waals surface area contributed by atoms with Crippen LogP contribution >= 0.6 is 0 Å². The number of nitrogens with zero attached hydrogens (tertiary/aromatic N) is 4. The lowest BCUT2D eigenvalue weighted by Gasteiger charge is -2.24. The standard InChI is InChI=1S/C57H57N7O10/c1-32(2)52(42-10-7-8-11-43(42)53(58)65)55(67)61-33(3)54(66)62-38-16-12-34(13-17-38)36-22-39-28-59-46-26-50(48(71-5)24-44(46)56(68)63(39)30-36)73-20-9-21-74-51-27-47-45(25-49(51)72-6)57(69)64-31-37(23-40(64)29-60-47)35-14-18-41(70-4)19-15-35/h7-8,10-19,24-33,39-40,52H,9,20-23H2,1-6H3,(H2,58,65)(H,61,67)(H,62,66)/t33-,39-,40-,52-/m0/s1. The number of anilines is 1. The summed E-state index contributed by atoms with van der Waals surface area (Å²) in [5.41, 5.74) is 12.4. The van der Waals surface area contributed by atoms with Gasteiger partial charge in [-0.2, -0.15) is 0 Å². The smallest absolute Gasteiger partial charge is 0.260 e. The third-order valence-corrected chi connectivity index (χ3v) is 13.5. The molecule has 4 N–H and O–H groups in total. The van der Waals surface area contributed by atoms with Crippen molar-refractivity contribution in [2.75, 3.05) is 39.9 Å². The van der Waals surface area contributed by atoms with Crippen LogP contribution < -0.4 is 40.1 Å². The van der Waals surface area contributed by atoms with Gasteiger partial charge in [0.05, 0.1) is 75.0 Å². The summed E-state index contributed by atoms with van der Waals surface area (Å²) in [6, 6.07) is 27.0. The fraction of sp³-hybridized carbons (Fsp3) is 0.281. The van der Waals surface area contributed by atoms with Crippen LogP contribution in [0.25, 0.3) is 11.1 Å². The molecule has 5 aromatic carbocycles. The molecule has 4 aliphatic heterocycles. The van der Waals surface area contributed by atoms with Gasteiger partial charge in [-0.05, 0) is 83.1 Å².